The monoisotopic (exact) mass is 399 g/mol. The summed E-state index contributed by atoms with van der Waals surface area (Å²) in [5.41, 5.74) is 3.21. The van der Waals surface area contributed by atoms with Crippen molar-refractivity contribution < 1.29 is 18.7 Å². The number of carbonyl (C=O) groups is 1. The highest BCUT2D eigenvalue weighted by atomic mass is 32.1. The molecular formula is C20H18FN3O3S. The van der Waals surface area contributed by atoms with E-state index in [0.717, 1.165) is 11.3 Å². The number of nitrogens with one attached hydrogen (secondary N) is 1. The smallest absolute Gasteiger partial charge is 0.299 e. The van der Waals surface area contributed by atoms with Crippen LogP contribution in [0.5, 0.6) is 16.7 Å². The fourth-order valence-corrected chi connectivity index (χ4v) is 3.39. The van der Waals surface area contributed by atoms with Gasteiger partial charge in [-0.05, 0) is 67.8 Å². The van der Waals surface area contributed by atoms with Crippen LogP contribution in [0.4, 0.5) is 10.1 Å². The van der Waals surface area contributed by atoms with Crippen molar-refractivity contribution in [3.05, 3.63) is 59.4 Å². The van der Waals surface area contributed by atoms with Gasteiger partial charge in [0, 0.05) is 11.6 Å². The van der Waals surface area contributed by atoms with Crippen LogP contribution in [0.25, 0.3) is 0 Å². The van der Waals surface area contributed by atoms with E-state index in [1.807, 2.05) is 13.0 Å². The quantitative estimate of drug-likeness (QED) is 0.657. The van der Waals surface area contributed by atoms with Crippen molar-refractivity contribution in [1.29, 1.82) is 0 Å². The fraction of sp³-hybridized carbons (Fsp3) is 0.250. The molecule has 2 aromatic carbocycles. The number of carbonyl (C=O) groups excluding carboxylic acids is 1. The lowest BCUT2D eigenvalue weighted by Crippen LogP contribution is -2.40. The minimum atomic E-state index is -0.298. The second-order valence-electron chi connectivity index (χ2n) is 6.64. The summed E-state index contributed by atoms with van der Waals surface area (Å²) in [5.74, 6) is 0.866. The molecule has 1 fully saturated rings. The molecule has 0 radical (unpaired) electrons. The molecule has 0 bridgehead atoms. The molecule has 8 heteroatoms. The molecule has 0 atom stereocenters. The number of amides is 1. The van der Waals surface area contributed by atoms with E-state index in [1.165, 1.54) is 23.5 Å². The molecule has 1 heterocycles. The van der Waals surface area contributed by atoms with Crippen molar-refractivity contribution >= 4 is 22.9 Å². The number of ether oxygens (including phenoxy) is 2. The third-order valence-corrected chi connectivity index (χ3v) is 5.13. The van der Waals surface area contributed by atoms with Crippen molar-refractivity contribution in [3.63, 3.8) is 0 Å². The number of nitrogens with zero attached hydrogens (tertiary/aromatic N) is 2. The van der Waals surface area contributed by atoms with Crippen molar-refractivity contribution in [2.75, 3.05) is 5.32 Å². The molecule has 3 aromatic rings. The van der Waals surface area contributed by atoms with Crippen LogP contribution in [-0.4, -0.2) is 22.2 Å². The zero-order valence-electron chi connectivity index (χ0n) is 15.1. The molecule has 0 aliphatic heterocycles. The van der Waals surface area contributed by atoms with Crippen LogP contribution >= 0.6 is 11.3 Å². The summed E-state index contributed by atoms with van der Waals surface area (Å²) < 4.78 is 24.3. The zero-order valence-corrected chi connectivity index (χ0v) is 15.9. The molecule has 1 aromatic heterocycles. The van der Waals surface area contributed by atoms with E-state index in [2.05, 4.69) is 15.5 Å². The average molecular weight is 399 g/mol. The van der Waals surface area contributed by atoms with Crippen LogP contribution in [0.15, 0.2) is 48.0 Å². The summed E-state index contributed by atoms with van der Waals surface area (Å²) >= 11 is 1.31. The molecule has 1 saturated carbocycles. The zero-order chi connectivity index (χ0) is 19.5. The Labute approximate surface area is 165 Å². The SMILES string of the molecule is Cc1cc(NC(=O)C2CC(Oc3ccc(F)cc3)C2)ccc1Oc1nncs1. The molecule has 28 heavy (non-hydrogen) atoms. The Kier molecular flexibility index (Phi) is 5.21. The Morgan fingerprint density at radius 2 is 2.00 bits per heavy atom. The maximum atomic E-state index is 12.9. The first-order valence-electron chi connectivity index (χ1n) is 8.84. The van der Waals surface area contributed by atoms with Crippen LogP contribution in [-0.2, 0) is 4.79 Å². The molecule has 1 aliphatic carbocycles. The lowest BCUT2D eigenvalue weighted by atomic mass is 9.81. The third-order valence-electron chi connectivity index (χ3n) is 4.56. The molecule has 1 amide bonds. The predicted molar refractivity (Wildman–Crippen MR) is 103 cm³/mol. The molecule has 6 nitrogen and oxygen atoms in total. The van der Waals surface area contributed by atoms with Gasteiger partial charge in [0.1, 0.15) is 28.9 Å². The highest BCUT2D eigenvalue weighted by molar-refractivity contribution is 7.11. The summed E-state index contributed by atoms with van der Waals surface area (Å²) in [5, 5.41) is 11.0. The van der Waals surface area contributed by atoms with E-state index in [9.17, 15) is 9.18 Å². The van der Waals surface area contributed by atoms with Gasteiger partial charge in [-0.15, -0.1) is 5.10 Å². The van der Waals surface area contributed by atoms with Gasteiger partial charge in [0.15, 0.2) is 0 Å². The van der Waals surface area contributed by atoms with Crippen LogP contribution < -0.4 is 14.8 Å². The Morgan fingerprint density at radius 3 is 2.68 bits per heavy atom. The van der Waals surface area contributed by atoms with E-state index in [4.69, 9.17) is 9.47 Å². The maximum Gasteiger partial charge on any atom is 0.299 e. The molecule has 1 aliphatic rings. The van der Waals surface area contributed by atoms with E-state index >= 15 is 0 Å². The summed E-state index contributed by atoms with van der Waals surface area (Å²) in [4.78, 5) is 12.4. The number of benzene rings is 2. The largest absolute Gasteiger partial charge is 0.490 e. The van der Waals surface area contributed by atoms with E-state index in [0.29, 0.717) is 29.5 Å². The number of hydrogen-bond donors (Lipinski definition) is 1. The number of aryl methyl sites for hydroxylation is 1. The Hall–Kier alpha value is -3.00. The number of hydrogen-bond acceptors (Lipinski definition) is 6. The minimum absolute atomic E-state index is 0.0226. The summed E-state index contributed by atoms with van der Waals surface area (Å²) in [6.07, 6.45) is 1.26. The average Bonchev–Trinajstić information content (AvgIpc) is 3.14. The topological polar surface area (TPSA) is 73.3 Å². The molecular weight excluding hydrogens is 381 g/mol. The van der Waals surface area contributed by atoms with Gasteiger partial charge in [0.2, 0.25) is 5.91 Å². The third kappa shape index (κ3) is 4.28. The van der Waals surface area contributed by atoms with E-state index in [1.54, 1.807) is 29.8 Å². The Balaban J connectivity index is 1.28. The molecule has 4 rings (SSSR count). The van der Waals surface area contributed by atoms with Crippen molar-refractivity contribution in [1.82, 2.24) is 10.2 Å². The standard InChI is InChI=1S/C20H18FN3O3S/c1-12-8-15(4-7-18(12)27-20-24-22-11-28-20)23-19(25)13-9-17(10-13)26-16-5-2-14(21)3-6-16/h2-8,11,13,17H,9-10H2,1H3,(H,23,25). The normalized spacial score (nSPS) is 18.2. The number of aromatic nitrogens is 2. The number of halogens is 1. The first kappa shape index (κ1) is 18.4. The second kappa shape index (κ2) is 7.93. The molecule has 0 saturated heterocycles. The Morgan fingerprint density at radius 1 is 1.21 bits per heavy atom. The van der Waals surface area contributed by atoms with Crippen LogP contribution in [0.2, 0.25) is 0 Å². The number of anilines is 1. The molecule has 0 unspecified atom stereocenters. The van der Waals surface area contributed by atoms with Crippen LogP contribution in [0.1, 0.15) is 18.4 Å². The summed E-state index contributed by atoms with van der Waals surface area (Å²) in [6, 6.07) is 11.4. The van der Waals surface area contributed by atoms with E-state index in [-0.39, 0.29) is 23.7 Å². The highest BCUT2D eigenvalue weighted by Crippen LogP contribution is 2.33. The van der Waals surface area contributed by atoms with Crippen LogP contribution in [0.3, 0.4) is 0 Å². The lowest BCUT2D eigenvalue weighted by Gasteiger charge is -2.34. The first-order valence-corrected chi connectivity index (χ1v) is 9.72. The van der Waals surface area contributed by atoms with Crippen molar-refractivity contribution in [2.24, 2.45) is 5.92 Å². The maximum absolute atomic E-state index is 12.9. The van der Waals surface area contributed by atoms with Gasteiger partial charge in [-0.25, -0.2) is 4.39 Å². The van der Waals surface area contributed by atoms with Gasteiger partial charge in [-0.2, -0.15) is 0 Å². The predicted octanol–water partition coefficient (Wildman–Crippen LogP) is 4.57. The summed E-state index contributed by atoms with van der Waals surface area (Å²) in [7, 11) is 0. The summed E-state index contributed by atoms with van der Waals surface area (Å²) in [6.45, 7) is 1.90. The molecule has 144 valence electrons. The van der Waals surface area contributed by atoms with Crippen molar-refractivity contribution in [3.8, 4) is 16.7 Å². The molecule has 1 N–H and O–H groups in total. The van der Waals surface area contributed by atoms with Crippen LogP contribution in [0, 0.1) is 18.7 Å². The second-order valence-corrected chi connectivity index (χ2v) is 7.43. The first-order chi connectivity index (χ1) is 13.6. The van der Waals surface area contributed by atoms with Gasteiger partial charge in [-0.3, -0.25) is 4.79 Å². The van der Waals surface area contributed by atoms with Gasteiger partial charge in [0.05, 0.1) is 0 Å². The van der Waals surface area contributed by atoms with Gasteiger partial charge >= 0.3 is 0 Å². The fourth-order valence-electron chi connectivity index (χ4n) is 2.97. The highest BCUT2D eigenvalue weighted by Gasteiger charge is 2.36. The van der Waals surface area contributed by atoms with Crippen molar-refractivity contribution in [2.45, 2.75) is 25.9 Å². The van der Waals surface area contributed by atoms with Gasteiger partial charge in [0.25, 0.3) is 5.19 Å². The van der Waals surface area contributed by atoms with E-state index < -0.39 is 0 Å². The number of rotatable bonds is 6. The van der Waals surface area contributed by atoms with Gasteiger partial charge in [-0.1, -0.05) is 16.4 Å². The lowest BCUT2D eigenvalue weighted by molar-refractivity contribution is -0.125. The minimum Gasteiger partial charge on any atom is -0.490 e. The molecule has 0 spiro atoms. The Bertz CT molecular complexity index is 957. The van der Waals surface area contributed by atoms with Gasteiger partial charge < -0.3 is 14.8 Å².